The Morgan fingerprint density at radius 1 is 1.04 bits per heavy atom. The third-order valence-electron chi connectivity index (χ3n) is 3.04. The van der Waals surface area contributed by atoms with Crippen LogP contribution >= 0.6 is 0 Å². The van der Waals surface area contributed by atoms with Gasteiger partial charge in [0.05, 0.1) is 11.4 Å². The molecule has 0 bridgehead atoms. The van der Waals surface area contributed by atoms with E-state index in [0.29, 0.717) is 10.6 Å². The average Bonchev–Trinajstić information content (AvgIpc) is 2.52. The van der Waals surface area contributed by atoms with Crippen LogP contribution in [-0.4, -0.2) is 17.7 Å². The summed E-state index contributed by atoms with van der Waals surface area (Å²) >= 11 is 0. The van der Waals surface area contributed by atoms with Crippen molar-refractivity contribution >= 4 is 34.8 Å². The molecule has 0 aliphatic carbocycles. The average molecular weight is 333 g/mol. The Morgan fingerprint density at radius 3 is 2.25 bits per heavy atom. The van der Waals surface area contributed by atoms with E-state index in [4.69, 9.17) is 5.73 Å². The Morgan fingerprint density at radius 2 is 1.67 bits per heavy atom. The van der Waals surface area contributed by atoms with Crippen molar-refractivity contribution in [1.82, 2.24) is 0 Å². The number of carbonyl (C=O) groups is 3. The lowest BCUT2D eigenvalue weighted by atomic mass is 10.2. The molecule has 8 heteroatoms. The zero-order valence-electron chi connectivity index (χ0n) is 12.5. The van der Waals surface area contributed by atoms with Crippen LogP contribution in [0.2, 0.25) is 0 Å². The van der Waals surface area contributed by atoms with Gasteiger partial charge in [-0.1, -0.05) is 0 Å². The number of amides is 3. The molecule has 0 saturated heterocycles. The summed E-state index contributed by atoms with van der Waals surface area (Å²) in [6, 6.07) is 8.05. The lowest BCUT2D eigenvalue weighted by Crippen LogP contribution is -2.42. The van der Waals surface area contributed by atoms with Crippen molar-refractivity contribution in [3.8, 4) is 0 Å². The summed E-state index contributed by atoms with van der Waals surface area (Å²) in [5.41, 5.74) is 5.55. The molecule has 0 heterocycles. The van der Waals surface area contributed by atoms with Gasteiger partial charge in [0, 0.05) is 18.7 Å². The molecule has 24 heavy (non-hydrogen) atoms. The van der Waals surface area contributed by atoms with Gasteiger partial charge in [-0.2, -0.15) is 0 Å². The number of halogens is 2. The first-order valence-electron chi connectivity index (χ1n) is 6.76. The van der Waals surface area contributed by atoms with Gasteiger partial charge < -0.3 is 11.1 Å². The van der Waals surface area contributed by atoms with Gasteiger partial charge in [-0.05, 0) is 36.4 Å². The van der Waals surface area contributed by atoms with Crippen molar-refractivity contribution < 1.29 is 23.2 Å². The molecule has 2 rings (SSSR count). The molecule has 0 atom stereocenters. The molecule has 124 valence electrons. The highest BCUT2D eigenvalue weighted by Crippen LogP contribution is 2.19. The Hall–Kier alpha value is -3.29. The van der Waals surface area contributed by atoms with Crippen LogP contribution in [0.15, 0.2) is 42.5 Å². The number of hydrogen-bond donors (Lipinski definition) is 2. The Balaban J connectivity index is 2.26. The molecule has 2 aromatic rings. The normalized spacial score (nSPS) is 10.1. The fraction of sp³-hybridized carbons (Fsp3) is 0.0625. The summed E-state index contributed by atoms with van der Waals surface area (Å²) in [7, 11) is 0. The number of nitrogens with zero attached hydrogens (tertiary/aromatic N) is 1. The second-order valence-corrected chi connectivity index (χ2v) is 4.83. The van der Waals surface area contributed by atoms with Crippen LogP contribution in [-0.2, 0) is 14.4 Å². The molecule has 0 unspecified atom stereocenters. The molecular formula is C16H13F2N3O3. The van der Waals surface area contributed by atoms with Gasteiger partial charge in [0.1, 0.15) is 11.6 Å². The van der Waals surface area contributed by atoms with Crippen LogP contribution in [0, 0.1) is 11.6 Å². The van der Waals surface area contributed by atoms with Crippen molar-refractivity contribution in [2.45, 2.75) is 6.92 Å². The summed E-state index contributed by atoms with van der Waals surface area (Å²) in [5, 5.41) is 1.95. The monoisotopic (exact) mass is 333 g/mol. The van der Waals surface area contributed by atoms with Gasteiger partial charge in [-0.25, -0.2) is 13.7 Å². The third-order valence-corrected chi connectivity index (χ3v) is 3.04. The molecule has 6 nitrogen and oxygen atoms in total. The minimum Gasteiger partial charge on any atom is -0.399 e. The van der Waals surface area contributed by atoms with E-state index in [0.717, 1.165) is 25.1 Å². The minimum absolute atomic E-state index is 0.122. The van der Waals surface area contributed by atoms with E-state index in [1.54, 1.807) is 0 Å². The second kappa shape index (κ2) is 6.86. The maximum absolute atomic E-state index is 13.5. The SMILES string of the molecule is CC(=O)N(C(=O)C(=O)Nc1cc(F)ccc1F)c1ccc(N)cc1. The van der Waals surface area contributed by atoms with Crippen LogP contribution in [0.5, 0.6) is 0 Å². The molecule has 0 aliphatic heterocycles. The number of benzene rings is 2. The van der Waals surface area contributed by atoms with Crippen LogP contribution in [0.4, 0.5) is 25.8 Å². The van der Waals surface area contributed by atoms with E-state index in [2.05, 4.69) is 0 Å². The number of carbonyl (C=O) groups excluding carboxylic acids is 3. The molecule has 0 aromatic heterocycles. The van der Waals surface area contributed by atoms with Gasteiger partial charge >= 0.3 is 11.8 Å². The van der Waals surface area contributed by atoms with Crippen molar-refractivity contribution in [3.63, 3.8) is 0 Å². The molecule has 0 radical (unpaired) electrons. The fourth-order valence-corrected chi connectivity index (χ4v) is 1.94. The fourth-order valence-electron chi connectivity index (χ4n) is 1.94. The summed E-state index contributed by atoms with van der Waals surface area (Å²) in [6.45, 7) is 1.09. The number of rotatable bonds is 2. The summed E-state index contributed by atoms with van der Waals surface area (Å²) in [4.78, 5) is 36.5. The predicted octanol–water partition coefficient (Wildman–Crippen LogP) is 2.07. The maximum atomic E-state index is 13.5. The highest BCUT2D eigenvalue weighted by Gasteiger charge is 2.27. The molecule has 3 N–H and O–H groups in total. The zero-order chi connectivity index (χ0) is 17.9. The Bertz CT molecular complexity index is 807. The van der Waals surface area contributed by atoms with E-state index in [-0.39, 0.29) is 5.69 Å². The number of imide groups is 1. The Kier molecular flexibility index (Phi) is 4.88. The molecule has 3 amide bonds. The third kappa shape index (κ3) is 3.72. The molecule has 0 saturated carbocycles. The van der Waals surface area contributed by atoms with E-state index < -0.39 is 35.0 Å². The van der Waals surface area contributed by atoms with Crippen molar-refractivity contribution in [2.75, 3.05) is 16.0 Å². The number of nitrogen functional groups attached to an aromatic ring is 1. The zero-order valence-corrected chi connectivity index (χ0v) is 12.5. The number of nitrogens with two attached hydrogens (primary N) is 1. The van der Waals surface area contributed by atoms with Gasteiger partial charge in [-0.15, -0.1) is 0 Å². The van der Waals surface area contributed by atoms with Gasteiger partial charge in [0.15, 0.2) is 0 Å². The molecule has 0 spiro atoms. The molecule has 2 aromatic carbocycles. The van der Waals surface area contributed by atoms with E-state index >= 15 is 0 Å². The highest BCUT2D eigenvalue weighted by atomic mass is 19.1. The highest BCUT2D eigenvalue weighted by molar-refractivity contribution is 6.48. The van der Waals surface area contributed by atoms with Crippen LogP contribution in [0.1, 0.15) is 6.92 Å². The van der Waals surface area contributed by atoms with E-state index in [9.17, 15) is 23.2 Å². The van der Waals surface area contributed by atoms with Crippen LogP contribution in [0.3, 0.4) is 0 Å². The quantitative estimate of drug-likeness (QED) is 0.650. The van der Waals surface area contributed by atoms with Gasteiger partial charge in [0.2, 0.25) is 5.91 Å². The molecule has 0 aliphatic rings. The number of anilines is 3. The number of nitrogens with one attached hydrogen (secondary N) is 1. The Labute approximate surface area is 135 Å². The minimum atomic E-state index is -1.29. The van der Waals surface area contributed by atoms with Crippen molar-refractivity contribution in [3.05, 3.63) is 54.1 Å². The van der Waals surface area contributed by atoms with Crippen LogP contribution < -0.4 is 16.0 Å². The van der Waals surface area contributed by atoms with Gasteiger partial charge in [0.25, 0.3) is 0 Å². The smallest absolute Gasteiger partial charge is 0.323 e. The summed E-state index contributed by atoms with van der Waals surface area (Å²) in [5.74, 6) is -4.96. The van der Waals surface area contributed by atoms with Crippen molar-refractivity contribution in [2.24, 2.45) is 0 Å². The van der Waals surface area contributed by atoms with Crippen molar-refractivity contribution in [1.29, 1.82) is 0 Å². The lowest BCUT2D eigenvalue weighted by Gasteiger charge is -2.19. The van der Waals surface area contributed by atoms with Gasteiger partial charge in [-0.3, -0.25) is 14.4 Å². The lowest BCUT2D eigenvalue weighted by molar-refractivity contribution is -0.136. The molecule has 0 fully saturated rings. The maximum Gasteiger partial charge on any atom is 0.323 e. The van der Waals surface area contributed by atoms with E-state index in [1.807, 2.05) is 5.32 Å². The second-order valence-electron chi connectivity index (χ2n) is 4.83. The summed E-state index contributed by atoms with van der Waals surface area (Å²) in [6.07, 6.45) is 0. The first kappa shape index (κ1) is 17.1. The first-order valence-corrected chi connectivity index (χ1v) is 6.76. The topological polar surface area (TPSA) is 92.5 Å². The predicted molar refractivity (Wildman–Crippen MR) is 84.0 cm³/mol. The largest absolute Gasteiger partial charge is 0.399 e. The van der Waals surface area contributed by atoms with Crippen LogP contribution in [0.25, 0.3) is 0 Å². The number of hydrogen-bond acceptors (Lipinski definition) is 4. The van der Waals surface area contributed by atoms with E-state index in [1.165, 1.54) is 24.3 Å². The first-order chi connectivity index (χ1) is 11.3. The standard InChI is InChI=1S/C16H13F2N3O3/c1-9(22)21(12-5-3-11(19)4-6-12)16(24)15(23)20-14-8-10(17)2-7-13(14)18/h2-8H,19H2,1H3,(H,20,23). The molecular weight excluding hydrogens is 320 g/mol. The summed E-state index contributed by atoms with van der Waals surface area (Å²) < 4.78 is 26.6.